The molecule has 2 heterocycles. The Morgan fingerprint density at radius 3 is 2.50 bits per heavy atom. The average molecular weight is 353 g/mol. The highest BCUT2D eigenvalue weighted by atomic mass is 16.2. The summed E-state index contributed by atoms with van der Waals surface area (Å²) in [5.74, 6) is 1.05. The molecule has 0 radical (unpaired) electrons. The Kier molecular flexibility index (Phi) is 5.46. The monoisotopic (exact) mass is 353 g/mol. The Morgan fingerprint density at radius 2 is 1.85 bits per heavy atom. The second kappa shape index (κ2) is 7.95. The Hall–Kier alpha value is -2.96. The molecule has 1 aliphatic heterocycles. The van der Waals surface area contributed by atoms with Gasteiger partial charge in [-0.15, -0.1) is 0 Å². The minimum Gasteiger partial charge on any atom is -0.353 e. The summed E-state index contributed by atoms with van der Waals surface area (Å²) in [4.78, 5) is 36.0. The second-order valence-corrected chi connectivity index (χ2v) is 6.39. The summed E-state index contributed by atoms with van der Waals surface area (Å²) < 4.78 is 0. The normalized spacial score (nSPS) is 15.5. The van der Waals surface area contributed by atoms with Crippen LogP contribution in [0.5, 0.6) is 0 Å². The van der Waals surface area contributed by atoms with Crippen molar-refractivity contribution in [1.29, 1.82) is 0 Å². The van der Waals surface area contributed by atoms with E-state index in [2.05, 4.69) is 20.2 Å². The van der Waals surface area contributed by atoms with Crippen molar-refractivity contribution in [2.24, 2.45) is 0 Å². The molecular weight excluding hydrogens is 330 g/mol. The van der Waals surface area contributed by atoms with Gasteiger partial charge in [0.2, 0.25) is 6.41 Å². The molecule has 0 bridgehead atoms. The maximum Gasteiger partial charge on any atom is 0.270 e. The van der Waals surface area contributed by atoms with Crippen LogP contribution >= 0.6 is 0 Å². The van der Waals surface area contributed by atoms with Crippen molar-refractivity contribution in [3.05, 3.63) is 53.5 Å². The van der Waals surface area contributed by atoms with Crippen molar-refractivity contribution in [3.8, 4) is 0 Å². The van der Waals surface area contributed by atoms with Gasteiger partial charge in [0.1, 0.15) is 17.3 Å². The van der Waals surface area contributed by atoms with Crippen molar-refractivity contribution < 1.29 is 9.59 Å². The molecule has 1 atom stereocenters. The zero-order valence-corrected chi connectivity index (χ0v) is 15.1. The van der Waals surface area contributed by atoms with E-state index in [1.807, 2.05) is 37.3 Å². The van der Waals surface area contributed by atoms with Crippen LogP contribution in [0.15, 0.2) is 36.4 Å². The van der Waals surface area contributed by atoms with Crippen LogP contribution in [0.25, 0.3) is 0 Å². The Balaban J connectivity index is 1.73. The van der Waals surface area contributed by atoms with Crippen molar-refractivity contribution in [2.75, 3.05) is 31.1 Å². The molecule has 0 aliphatic carbocycles. The van der Waals surface area contributed by atoms with Crippen LogP contribution in [0, 0.1) is 6.92 Å². The number of benzene rings is 1. The van der Waals surface area contributed by atoms with Crippen molar-refractivity contribution >= 4 is 18.1 Å². The van der Waals surface area contributed by atoms with Gasteiger partial charge in [0.25, 0.3) is 5.91 Å². The molecule has 1 saturated heterocycles. The number of carbonyl (C=O) groups excluding carboxylic acids is 2. The van der Waals surface area contributed by atoms with Gasteiger partial charge in [0, 0.05) is 32.2 Å². The molecule has 3 rings (SSSR count). The third kappa shape index (κ3) is 4.17. The molecule has 7 heteroatoms. The summed E-state index contributed by atoms with van der Waals surface area (Å²) in [5, 5.41) is 2.98. The largest absolute Gasteiger partial charge is 0.353 e. The number of aromatic nitrogens is 2. The van der Waals surface area contributed by atoms with Gasteiger partial charge in [-0.05, 0) is 19.4 Å². The van der Waals surface area contributed by atoms with E-state index >= 15 is 0 Å². The standard InChI is InChI=1S/C19H23N5O2/c1-14(16-6-4-3-5-7-16)20-19(26)17-12-18(22-15(2)21-17)24-10-8-23(13-25)9-11-24/h3-7,12-14H,8-11H2,1-2H3,(H,20,26). The molecule has 0 spiro atoms. The van der Waals surface area contributed by atoms with Crippen LogP contribution in [0.3, 0.4) is 0 Å². The third-order valence-corrected chi connectivity index (χ3v) is 4.49. The van der Waals surface area contributed by atoms with Gasteiger partial charge in [-0.2, -0.15) is 0 Å². The highest BCUT2D eigenvalue weighted by Gasteiger charge is 2.20. The molecule has 26 heavy (non-hydrogen) atoms. The number of anilines is 1. The molecule has 1 fully saturated rings. The van der Waals surface area contributed by atoms with Crippen LogP contribution in [0.1, 0.15) is 34.8 Å². The van der Waals surface area contributed by atoms with Gasteiger partial charge in [-0.25, -0.2) is 9.97 Å². The van der Waals surface area contributed by atoms with E-state index < -0.39 is 0 Å². The van der Waals surface area contributed by atoms with E-state index in [0.717, 1.165) is 17.8 Å². The molecule has 1 unspecified atom stereocenters. The smallest absolute Gasteiger partial charge is 0.270 e. The first-order chi connectivity index (χ1) is 12.6. The second-order valence-electron chi connectivity index (χ2n) is 6.39. The third-order valence-electron chi connectivity index (χ3n) is 4.49. The highest BCUT2D eigenvalue weighted by Crippen LogP contribution is 2.17. The first-order valence-corrected chi connectivity index (χ1v) is 8.72. The minimum absolute atomic E-state index is 0.112. The predicted molar refractivity (Wildman–Crippen MR) is 98.9 cm³/mol. The number of aryl methyl sites for hydroxylation is 1. The lowest BCUT2D eigenvalue weighted by Crippen LogP contribution is -2.46. The van der Waals surface area contributed by atoms with Crippen molar-refractivity contribution in [3.63, 3.8) is 0 Å². The van der Waals surface area contributed by atoms with E-state index in [1.165, 1.54) is 0 Å². The van der Waals surface area contributed by atoms with Crippen LogP contribution in [0.4, 0.5) is 5.82 Å². The van der Waals surface area contributed by atoms with Crippen molar-refractivity contribution in [2.45, 2.75) is 19.9 Å². The van der Waals surface area contributed by atoms with Gasteiger partial charge < -0.3 is 15.1 Å². The fraction of sp³-hybridized carbons (Fsp3) is 0.368. The fourth-order valence-corrected chi connectivity index (χ4v) is 2.98. The SMILES string of the molecule is Cc1nc(C(=O)NC(C)c2ccccc2)cc(N2CCN(C=O)CC2)n1. The first kappa shape index (κ1) is 17.8. The summed E-state index contributed by atoms with van der Waals surface area (Å²) in [7, 11) is 0. The van der Waals surface area contributed by atoms with Crippen molar-refractivity contribution in [1.82, 2.24) is 20.2 Å². The Labute approximate surface area is 153 Å². The lowest BCUT2D eigenvalue weighted by molar-refractivity contribution is -0.118. The summed E-state index contributed by atoms with van der Waals surface area (Å²) >= 11 is 0. The van der Waals surface area contributed by atoms with E-state index in [4.69, 9.17) is 0 Å². The number of hydrogen-bond acceptors (Lipinski definition) is 5. The van der Waals surface area contributed by atoms with Gasteiger partial charge in [-0.1, -0.05) is 30.3 Å². The van der Waals surface area contributed by atoms with Crippen LogP contribution in [-0.2, 0) is 4.79 Å². The maximum atomic E-state index is 12.6. The molecule has 1 N–H and O–H groups in total. The average Bonchev–Trinajstić information content (AvgIpc) is 2.68. The van der Waals surface area contributed by atoms with Gasteiger partial charge in [0.15, 0.2) is 0 Å². The molecule has 136 valence electrons. The number of nitrogens with zero attached hydrogens (tertiary/aromatic N) is 4. The zero-order valence-electron chi connectivity index (χ0n) is 15.1. The summed E-state index contributed by atoms with van der Waals surface area (Å²) in [6, 6.07) is 11.4. The summed E-state index contributed by atoms with van der Waals surface area (Å²) in [6.07, 6.45) is 0.867. The number of carbonyl (C=O) groups is 2. The van der Waals surface area contributed by atoms with Gasteiger partial charge in [-0.3, -0.25) is 9.59 Å². The topological polar surface area (TPSA) is 78.4 Å². The molecule has 2 aromatic rings. The molecule has 2 amide bonds. The minimum atomic E-state index is -0.223. The molecule has 1 aromatic carbocycles. The number of amides is 2. The first-order valence-electron chi connectivity index (χ1n) is 8.72. The van der Waals surface area contributed by atoms with Gasteiger partial charge >= 0.3 is 0 Å². The van der Waals surface area contributed by atoms with Crippen LogP contribution < -0.4 is 10.2 Å². The quantitative estimate of drug-likeness (QED) is 0.825. The number of nitrogens with one attached hydrogen (secondary N) is 1. The van der Waals surface area contributed by atoms with E-state index in [9.17, 15) is 9.59 Å². The van der Waals surface area contributed by atoms with E-state index in [0.29, 0.717) is 37.7 Å². The Morgan fingerprint density at radius 1 is 1.15 bits per heavy atom. The highest BCUT2D eigenvalue weighted by molar-refractivity contribution is 5.93. The molecule has 1 aromatic heterocycles. The fourth-order valence-electron chi connectivity index (χ4n) is 2.98. The van der Waals surface area contributed by atoms with Crippen LogP contribution in [-0.4, -0.2) is 53.4 Å². The van der Waals surface area contributed by atoms with E-state index in [1.54, 1.807) is 17.9 Å². The molecule has 7 nitrogen and oxygen atoms in total. The lowest BCUT2D eigenvalue weighted by atomic mass is 10.1. The maximum absolute atomic E-state index is 12.6. The zero-order chi connectivity index (χ0) is 18.5. The van der Waals surface area contributed by atoms with E-state index in [-0.39, 0.29) is 11.9 Å². The summed E-state index contributed by atoms with van der Waals surface area (Å²) in [6.45, 7) is 6.41. The van der Waals surface area contributed by atoms with Crippen LogP contribution in [0.2, 0.25) is 0 Å². The molecule has 0 saturated carbocycles. The number of hydrogen-bond donors (Lipinski definition) is 1. The Bertz CT molecular complexity index is 773. The predicted octanol–water partition coefficient (Wildman–Crippen LogP) is 1.55. The summed E-state index contributed by atoms with van der Waals surface area (Å²) in [5.41, 5.74) is 1.39. The van der Waals surface area contributed by atoms with Gasteiger partial charge in [0.05, 0.1) is 6.04 Å². The molecule has 1 aliphatic rings. The number of rotatable bonds is 5. The lowest BCUT2D eigenvalue weighted by Gasteiger charge is -2.33. The molecular formula is C19H23N5O2. The number of piperazine rings is 1.